The maximum Gasteiger partial charge on any atom is 0.326 e. The molecule has 0 radical (unpaired) electrons. The number of piperidine rings is 1. The molecule has 0 saturated carbocycles. The largest absolute Gasteiger partial charge is 0.480 e. The summed E-state index contributed by atoms with van der Waals surface area (Å²) < 4.78 is 4.46. The molecule has 0 spiro atoms. The molecule has 7 heteroatoms. The van der Waals surface area contributed by atoms with Crippen LogP contribution in [0.2, 0.25) is 0 Å². The van der Waals surface area contributed by atoms with Gasteiger partial charge in [0, 0.05) is 12.8 Å². The molecule has 7 nitrogen and oxygen atoms in total. The van der Waals surface area contributed by atoms with Gasteiger partial charge in [-0.05, 0) is 38.3 Å². The highest BCUT2D eigenvalue weighted by Gasteiger charge is 2.23. The molecule has 0 aromatic heterocycles. The predicted octanol–water partition coefficient (Wildman–Crippen LogP) is -0.101. The van der Waals surface area contributed by atoms with E-state index in [-0.39, 0.29) is 18.7 Å². The maximum absolute atomic E-state index is 11.8. The van der Waals surface area contributed by atoms with Crippen molar-refractivity contribution in [2.24, 2.45) is 5.92 Å². The first-order chi connectivity index (χ1) is 9.52. The van der Waals surface area contributed by atoms with Gasteiger partial charge in [0.15, 0.2) is 0 Å². The second kappa shape index (κ2) is 8.52. The average molecular weight is 286 g/mol. The number of nitrogens with one attached hydrogen (secondary N) is 2. The SMILES string of the molecule is COC(=O)CC[C@H](NC(=O)CC1CCNCC1)C(=O)O. The van der Waals surface area contributed by atoms with E-state index >= 15 is 0 Å². The van der Waals surface area contributed by atoms with Crippen LogP contribution in [0, 0.1) is 5.92 Å². The molecular formula is C13H22N2O5. The molecule has 0 aromatic carbocycles. The van der Waals surface area contributed by atoms with Crippen molar-refractivity contribution in [2.75, 3.05) is 20.2 Å². The molecule has 0 bridgehead atoms. The van der Waals surface area contributed by atoms with Crippen molar-refractivity contribution in [1.82, 2.24) is 10.6 Å². The summed E-state index contributed by atoms with van der Waals surface area (Å²) in [6.07, 6.45) is 2.20. The minimum absolute atomic E-state index is 0.0267. The van der Waals surface area contributed by atoms with Crippen LogP contribution in [0.25, 0.3) is 0 Å². The second-order valence-corrected chi connectivity index (χ2v) is 4.97. The van der Waals surface area contributed by atoms with Crippen molar-refractivity contribution in [3.8, 4) is 0 Å². The zero-order valence-electron chi connectivity index (χ0n) is 11.7. The average Bonchev–Trinajstić information content (AvgIpc) is 2.43. The van der Waals surface area contributed by atoms with E-state index in [4.69, 9.17) is 5.11 Å². The zero-order chi connectivity index (χ0) is 15.0. The molecule has 0 unspecified atom stereocenters. The Balaban J connectivity index is 2.37. The fraction of sp³-hybridized carbons (Fsp3) is 0.769. The molecule has 1 aliphatic rings. The lowest BCUT2D eigenvalue weighted by Crippen LogP contribution is -2.42. The van der Waals surface area contributed by atoms with Crippen LogP contribution in [0.5, 0.6) is 0 Å². The summed E-state index contributed by atoms with van der Waals surface area (Å²) in [6.45, 7) is 1.78. The number of amides is 1. The molecule has 1 fully saturated rings. The number of carboxylic acid groups (broad SMARTS) is 1. The highest BCUT2D eigenvalue weighted by molar-refractivity contribution is 5.84. The number of esters is 1. The number of carbonyl (C=O) groups is 3. The van der Waals surface area contributed by atoms with E-state index in [9.17, 15) is 14.4 Å². The van der Waals surface area contributed by atoms with Gasteiger partial charge in [-0.15, -0.1) is 0 Å². The first kappa shape index (κ1) is 16.4. The van der Waals surface area contributed by atoms with Gasteiger partial charge in [-0.25, -0.2) is 4.79 Å². The Labute approximate surface area is 118 Å². The monoisotopic (exact) mass is 286 g/mol. The topological polar surface area (TPSA) is 105 Å². The molecule has 1 saturated heterocycles. The number of ether oxygens (including phenoxy) is 1. The van der Waals surface area contributed by atoms with Gasteiger partial charge in [0.25, 0.3) is 0 Å². The predicted molar refractivity (Wildman–Crippen MR) is 71.0 cm³/mol. The number of carbonyl (C=O) groups excluding carboxylic acids is 2. The van der Waals surface area contributed by atoms with Crippen LogP contribution in [-0.4, -0.2) is 49.2 Å². The molecule has 20 heavy (non-hydrogen) atoms. The number of hydrogen-bond acceptors (Lipinski definition) is 5. The Hall–Kier alpha value is -1.63. The summed E-state index contributed by atoms with van der Waals surface area (Å²) in [5.41, 5.74) is 0. The molecular weight excluding hydrogens is 264 g/mol. The molecule has 114 valence electrons. The van der Waals surface area contributed by atoms with E-state index < -0.39 is 18.0 Å². The third kappa shape index (κ3) is 6.01. The van der Waals surface area contributed by atoms with Crippen molar-refractivity contribution >= 4 is 17.8 Å². The van der Waals surface area contributed by atoms with Gasteiger partial charge in [-0.2, -0.15) is 0 Å². The number of methoxy groups -OCH3 is 1. The van der Waals surface area contributed by atoms with Gasteiger partial charge < -0.3 is 20.5 Å². The van der Waals surface area contributed by atoms with Gasteiger partial charge in [-0.3, -0.25) is 9.59 Å². The third-order valence-electron chi connectivity index (χ3n) is 3.43. The van der Waals surface area contributed by atoms with Gasteiger partial charge in [-0.1, -0.05) is 0 Å². The lowest BCUT2D eigenvalue weighted by molar-refractivity contribution is -0.144. The summed E-state index contributed by atoms with van der Waals surface area (Å²) in [4.78, 5) is 33.9. The normalized spacial score (nSPS) is 17.2. The standard InChI is InChI=1S/C13H22N2O5/c1-20-12(17)3-2-10(13(18)19)15-11(16)8-9-4-6-14-7-5-9/h9-10,14H,2-8H2,1H3,(H,15,16)(H,18,19)/t10-/m0/s1. The highest BCUT2D eigenvalue weighted by Crippen LogP contribution is 2.15. The number of aliphatic carboxylic acids is 1. The Bertz CT molecular complexity index is 353. The molecule has 1 amide bonds. The molecule has 3 N–H and O–H groups in total. The van der Waals surface area contributed by atoms with Crippen LogP contribution in [0.15, 0.2) is 0 Å². The van der Waals surface area contributed by atoms with E-state index in [1.54, 1.807) is 0 Å². The van der Waals surface area contributed by atoms with Gasteiger partial charge in [0.1, 0.15) is 6.04 Å². The van der Waals surface area contributed by atoms with Crippen LogP contribution in [0.4, 0.5) is 0 Å². The van der Waals surface area contributed by atoms with E-state index in [1.807, 2.05) is 0 Å². The van der Waals surface area contributed by atoms with Crippen molar-refractivity contribution < 1.29 is 24.2 Å². The highest BCUT2D eigenvalue weighted by atomic mass is 16.5. The van der Waals surface area contributed by atoms with Gasteiger partial charge >= 0.3 is 11.9 Å². The van der Waals surface area contributed by atoms with Crippen molar-refractivity contribution in [2.45, 2.75) is 38.1 Å². The summed E-state index contributed by atoms with van der Waals surface area (Å²) in [7, 11) is 1.24. The molecule has 1 atom stereocenters. The Morgan fingerprint density at radius 1 is 1.35 bits per heavy atom. The molecule has 1 aliphatic heterocycles. The van der Waals surface area contributed by atoms with Crippen molar-refractivity contribution in [3.63, 3.8) is 0 Å². The minimum atomic E-state index is -1.13. The summed E-state index contributed by atoms with van der Waals surface area (Å²) >= 11 is 0. The first-order valence-electron chi connectivity index (χ1n) is 6.82. The van der Waals surface area contributed by atoms with Gasteiger partial charge in [0.2, 0.25) is 5.91 Å². The lowest BCUT2D eigenvalue weighted by atomic mass is 9.94. The first-order valence-corrected chi connectivity index (χ1v) is 6.82. The summed E-state index contributed by atoms with van der Waals surface area (Å²) in [5, 5.41) is 14.7. The zero-order valence-corrected chi connectivity index (χ0v) is 11.7. The Morgan fingerprint density at radius 2 is 2.00 bits per heavy atom. The third-order valence-corrected chi connectivity index (χ3v) is 3.43. The second-order valence-electron chi connectivity index (χ2n) is 4.97. The van der Waals surface area contributed by atoms with Crippen LogP contribution in [0.3, 0.4) is 0 Å². The van der Waals surface area contributed by atoms with Crippen LogP contribution in [0.1, 0.15) is 32.1 Å². The molecule has 1 heterocycles. The lowest BCUT2D eigenvalue weighted by Gasteiger charge is -2.23. The number of hydrogen-bond donors (Lipinski definition) is 3. The number of carboxylic acids is 1. The Morgan fingerprint density at radius 3 is 2.55 bits per heavy atom. The van der Waals surface area contributed by atoms with Crippen LogP contribution < -0.4 is 10.6 Å². The Kier molecular flexibility index (Phi) is 7.00. The smallest absolute Gasteiger partial charge is 0.326 e. The van der Waals surface area contributed by atoms with Crippen molar-refractivity contribution in [3.05, 3.63) is 0 Å². The van der Waals surface area contributed by atoms with Crippen LogP contribution in [-0.2, 0) is 19.1 Å². The fourth-order valence-electron chi connectivity index (χ4n) is 2.22. The molecule has 0 aliphatic carbocycles. The summed E-state index contributed by atoms with van der Waals surface area (Å²) in [6, 6.07) is -1.04. The van der Waals surface area contributed by atoms with Crippen LogP contribution >= 0.6 is 0 Å². The molecule has 0 aromatic rings. The molecule has 1 rings (SSSR count). The fourth-order valence-corrected chi connectivity index (χ4v) is 2.22. The minimum Gasteiger partial charge on any atom is -0.480 e. The van der Waals surface area contributed by atoms with E-state index in [1.165, 1.54) is 7.11 Å². The van der Waals surface area contributed by atoms with Crippen molar-refractivity contribution in [1.29, 1.82) is 0 Å². The van der Waals surface area contributed by atoms with E-state index in [0.717, 1.165) is 25.9 Å². The van der Waals surface area contributed by atoms with Gasteiger partial charge in [0.05, 0.1) is 7.11 Å². The quantitative estimate of drug-likeness (QED) is 0.564. The van der Waals surface area contributed by atoms with E-state index in [0.29, 0.717) is 12.3 Å². The summed E-state index contributed by atoms with van der Waals surface area (Å²) in [5.74, 6) is -1.59. The maximum atomic E-state index is 11.8. The number of rotatable bonds is 7. The van der Waals surface area contributed by atoms with E-state index in [2.05, 4.69) is 15.4 Å².